The molecule has 0 amide bonds. The third-order valence-corrected chi connectivity index (χ3v) is 5.69. The van der Waals surface area contributed by atoms with Gasteiger partial charge in [-0.3, -0.25) is 9.47 Å². The molecule has 1 aliphatic heterocycles. The molecule has 0 spiro atoms. The number of hydrogen-bond donors (Lipinski definition) is 1. The number of pyridine rings is 2. The molecule has 7 nitrogen and oxygen atoms in total. The first-order chi connectivity index (χ1) is 14.7. The lowest BCUT2D eigenvalue weighted by molar-refractivity contribution is 0.148. The Labute approximate surface area is 175 Å². The molecule has 0 aliphatic carbocycles. The maximum absolute atomic E-state index is 6.17. The third kappa shape index (κ3) is 3.53. The summed E-state index contributed by atoms with van der Waals surface area (Å²) in [4.78, 5) is 18.5. The molecule has 5 rings (SSSR count). The number of piperazine rings is 1. The Kier molecular flexibility index (Phi) is 4.90. The number of nitrogens with two attached hydrogens (primary N) is 1. The summed E-state index contributed by atoms with van der Waals surface area (Å²) in [6.07, 6.45) is 3.48. The van der Waals surface area contributed by atoms with Crippen molar-refractivity contribution in [1.82, 2.24) is 29.3 Å². The van der Waals surface area contributed by atoms with Crippen LogP contribution in [0.2, 0.25) is 0 Å². The summed E-state index contributed by atoms with van der Waals surface area (Å²) in [6.45, 7) is 5.44. The quantitative estimate of drug-likeness (QED) is 0.569. The van der Waals surface area contributed by atoms with E-state index < -0.39 is 0 Å². The van der Waals surface area contributed by atoms with Crippen molar-refractivity contribution in [2.45, 2.75) is 6.54 Å². The average molecular weight is 400 g/mol. The van der Waals surface area contributed by atoms with Crippen LogP contribution >= 0.6 is 0 Å². The van der Waals surface area contributed by atoms with Gasteiger partial charge in [0, 0.05) is 50.8 Å². The Bertz CT molecular complexity index is 1160. The standard InChI is InChI=1S/C23H25N7/c1-28-12-14-29(15-13-28)16-17-6-8-18(9-7-17)30-22(19-4-2-10-25-21(19)24)27-20-5-3-11-26-23(20)30/h2-11H,12-16H2,1H3,(H2,24,25). The molecule has 3 aromatic heterocycles. The zero-order chi connectivity index (χ0) is 20.5. The van der Waals surface area contributed by atoms with Crippen molar-refractivity contribution in [1.29, 1.82) is 0 Å². The van der Waals surface area contributed by atoms with Gasteiger partial charge in [-0.1, -0.05) is 12.1 Å². The van der Waals surface area contributed by atoms with E-state index in [1.165, 1.54) is 5.56 Å². The van der Waals surface area contributed by atoms with E-state index in [0.717, 1.165) is 61.0 Å². The highest BCUT2D eigenvalue weighted by Gasteiger charge is 2.18. The molecule has 0 bridgehead atoms. The van der Waals surface area contributed by atoms with Crippen LogP contribution in [0.1, 0.15) is 5.56 Å². The summed E-state index contributed by atoms with van der Waals surface area (Å²) in [7, 11) is 2.18. The van der Waals surface area contributed by atoms with Gasteiger partial charge in [-0.15, -0.1) is 0 Å². The van der Waals surface area contributed by atoms with Gasteiger partial charge in [-0.25, -0.2) is 15.0 Å². The first-order valence-electron chi connectivity index (χ1n) is 10.2. The highest BCUT2D eigenvalue weighted by molar-refractivity contribution is 5.82. The van der Waals surface area contributed by atoms with Crippen molar-refractivity contribution in [2.75, 3.05) is 39.0 Å². The van der Waals surface area contributed by atoms with Gasteiger partial charge >= 0.3 is 0 Å². The Hall–Kier alpha value is -3.29. The minimum Gasteiger partial charge on any atom is -0.383 e. The van der Waals surface area contributed by atoms with Gasteiger partial charge < -0.3 is 10.6 Å². The monoisotopic (exact) mass is 399 g/mol. The van der Waals surface area contributed by atoms with Crippen LogP contribution in [0.4, 0.5) is 5.82 Å². The fourth-order valence-electron chi connectivity index (χ4n) is 3.96. The molecule has 0 unspecified atom stereocenters. The number of anilines is 1. The fraction of sp³-hybridized carbons (Fsp3) is 0.261. The van der Waals surface area contributed by atoms with Gasteiger partial charge in [0.15, 0.2) is 11.5 Å². The average Bonchev–Trinajstić information content (AvgIpc) is 3.15. The maximum Gasteiger partial charge on any atom is 0.164 e. The number of hydrogen-bond acceptors (Lipinski definition) is 6. The molecule has 30 heavy (non-hydrogen) atoms. The van der Waals surface area contributed by atoms with E-state index in [2.05, 4.69) is 55.6 Å². The molecule has 152 valence electrons. The predicted molar refractivity (Wildman–Crippen MR) is 119 cm³/mol. The van der Waals surface area contributed by atoms with E-state index in [4.69, 9.17) is 10.7 Å². The number of rotatable bonds is 4. The second kappa shape index (κ2) is 7.85. The number of benzene rings is 1. The van der Waals surface area contributed by atoms with Crippen molar-refractivity contribution in [3.63, 3.8) is 0 Å². The zero-order valence-corrected chi connectivity index (χ0v) is 17.1. The highest BCUT2D eigenvalue weighted by Crippen LogP contribution is 2.30. The fourth-order valence-corrected chi connectivity index (χ4v) is 3.96. The summed E-state index contributed by atoms with van der Waals surface area (Å²) in [5, 5.41) is 0. The van der Waals surface area contributed by atoms with Gasteiger partial charge in [0.1, 0.15) is 11.3 Å². The molecular weight excluding hydrogens is 374 g/mol. The Morgan fingerprint density at radius 2 is 1.63 bits per heavy atom. The highest BCUT2D eigenvalue weighted by atomic mass is 15.2. The van der Waals surface area contributed by atoms with Crippen LogP contribution in [-0.2, 0) is 6.54 Å². The molecule has 1 saturated heterocycles. The van der Waals surface area contributed by atoms with Crippen LogP contribution in [-0.4, -0.2) is 62.5 Å². The SMILES string of the molecule is CN1CCN(Cc2ccc(-n3c(-c4cccnc4N)nc4cccnc43)cc2)CC1. The molecule has 2 N–H and O–H groups in total. The summed E-state index contributed by atoms with van der Waals surface area (Å²) in [5.74, 6) is 1.21. The maximum atomic E-state index is 6.17. The van der Waals surface area contributed by atoms with Gasteiger partial charge in [0.25, 0.3) is 0 Å². The molecule has 1 fully saturated rings. The number of nitrogens with zero attached hydrogens (tertiary/aromatic N) is 6. The largest absolute Gasteiger partial charge is 0.383 e. The van der Waals surface area contributed by atoms with Crippen LogP contribution in [0.3, 0.4) is 0 Å². The Balaban J connectivity index is 1.51. The predicted octanol–water partition coefficient (Wildman–Crippen LogP) is 2.81. The van der Waals surface area contributed by atoms with Crippen molar-refractivity contribution in [2.24, 2.45) is 0 Å². The summed E-state index contributed by atoms with van der Waals surface area (Å²) < 4.78 is 2.06. The smallest absolute Gasteiger partial charge is 0.164 e. The lowest BCUT2D eigenvalue weighted by Gasteiger charge is -2.32. The second-order valence-electron chi connectivity index (χ2n) is 7.80. The van der Waals surface area contributed by atoms with Crippen molar-refractivity contribution >= 4 is 17.0 Å². The van der Waals surface area contributed by atoms with E-state index in [1.54, 1.807) is 12.4 Å². The second-order valence-corrected chi connectivity index (χ2v) is 7.80. The summed E-state index contributed by atoms with van der Waals surface area (Å²) >= 11 is 0. The van der Waals surface area contributed by atoms with Crippen LogP contribution in [0.15, 0.2) is 60.9 Å². The number of fused-ring (bicyclic) bond motifs is 1. The minimum atomic E-state index is 0.459. The van der Waals surface area contributed by atoms with E-state index >= 15 is 0 Å². The first-order valence-corrected chi connectivity index (χ1v) is 10.2. The van der Waals surface area contributed by atoms with Crippen LogP contribution in [0.5, 0.6) is 0 Å². The molecule has 4 aromatic rings. The van der Waals surface area contributed by atoms with Gasteiger partial charge in [-0.2, -0.15) is 0 Å². The number of likely N-dealkylation sites (N-methyl/N-ethyl adjacent to an activating group) is 1. The lowest BCUT2D eigenvalue weighted by Crippen LogP contribution is -2.43. The molecule has 1 aromatic carbocycles. The van der Waals surface area contributed by atoms with Crippen LogP contribution < -0.4 is 5.73 Å². The van der Waals surface area contributed by atoms with Crippen LogP contribution in [0.25, 0.3) is 28.2 Å². The van der Waals surface area contributed by atoms with Crippen molar-refractivity contribution in [3.05, 3.63) is 66.5 Å². The van der Waals surface area contributed by atoms with Crippen molar-refractivity contribution in [3.8, 4) is 17.1 Å². The number of imidazole rings is 1. The zero-order valence-electron chi connectivity index (χ0n) is 17.1. The van der Waals surface area contributed by atoms with Crippen molar-refractivity contribution < 1.29 is 0 Å². The van der Waals surface area contributed by atoms with E-state index in [-0.39, 0.29) is 0 Å². The lowest BCUT2D eigenvalue weighted by atomic mass is 10.1. The summed E-state index contributed by atoms with van der Waals surface area (Å²) in [6, 6.07) is 16.3. The van der Waals surface area contributed by atoms with Gasteiger partial charge in [0.2, 0.25) is 0 Å². The summed E-state index contributed by atoms with van der Waals surface area (Å²) in [5.41, 5.74) is 10.9. The Morgan fingerprint density at radius 1 is 0.900 bits per heavy atom. The van der Waals surface area contributed by atoms with E-state index in [1.807, 2.05) is 24.3 Å². The first kappa shape index (κ1) is 18.7. The normalized spacial score (nSPS) is 15.6. The molecule has 4 heterocycles. The topological polar surface area (TPSA) is 76.1 Å². The number of nitrogen functional groups attached to an aromatic ring is 1. The van der Waals surface area contributed by atoms with Crippen LogP contribution in [0, 0.1) is 0 Å². The number of aromatic nitrogens is 4. The molecule has 0 radical (unpaired) electrons. The molecule has 1 aliphatic rings. The van der Waals surface area contributed by atoms with Gasteiger partial charge in [-0.05, 0) is 49.0 Å². The molecule has 0 saturated carbocycles. The molecular formula is C23H25N7. The molecule has 0 atom stereocenters. The minimum absolute atomic E-state index is 0.459. The van der Waals surface area contributed by atoms with E-state index in [9.17, 15) is 0 Å². The van der Waals surface area contributed by atoms with E-state index in [0.29, 0.717) is 5.82 Å². The third-order valence-electron chi connectivity index (χ3n) is 5.69. The molecule has 7 heteroatoms. The Morgan fingerprint density at radius 3 is 2.40 bits per heavy atom. The van der Waals surface area contributed by atoms with Gasteiger partial charge in [0.05, 0.1) is 5.56 Å².